The van der Waals surface area contributed by atoms with E-state index in [1.54, 1.807) is 0 Å². The Hall–Kier alpha value is 0.269. The molecule has 57 valence electrons. The first-order valence-electron chi connectivity index (χ1n) is 2.40. The molecule has 0 saturated carbocycles. The van der Waals surface area contributed by atoms with Gasteiger partial charge in [0.1, 0.15) is 0 Å². The second-order valence-corrected chi connectivity index (χ2v) is 18.2. The van der Waals surface area contributed by atoms with Crippen LogP contribution in [0, 0.1) is 0 Å². The summed E-state index contributed by atoms with van der Waals surface area (Å²) in [5.74, 6) is 0. The topological polar surface area (TPSA) is 74.6 Å². The van der Waals surface area contributed by atoms with E-state index in [1.807, 2.05) is 0 Å². The molecule has 0 aromatic carbocycles. The fourth-order valence-electron chi connectivity index (χ4n) is 0. The molecule has 0 spiro atoms. The van der Waals surface area contributed by atoms with E-state index < -0.39 is 18.5 Å². The molecule has 0 atom stereocenters. The summed E-state index contributed by atoms with van der Waals surface area (Å²) in [5.41, 5.74) is 0. The van der Waals surface area contributed by atoms with Crippen molar-refractivity contribution in [1.82, 2.24) is 0 Å². The summed E-state index contributed by atoms with van der Waals surface area (Å²) in [4.78, 5) is 0. The van der Waals surface area contributed by atoms with Gasteiger partial charge in [0, 0.05) is 0 Å². The zero-order chi connectivity index (χ0) is 7.95. The average Bonchev–Trinajstić information content (AvgIpc) is 1.20. The molecule has 0 unspecified atom stereocenters. The molecular formula is C3H11CrO4Si. The molecule has 0 aliphatic heterocycles. The van der Waals surface area contributed by atoms with E-state index >= 15 is 0 Å². The summed E-state index contributed by atoms with van der Waals surface area (Å²) < 4.78 is 38.0. The van der Waals surface area contributed by atoms with Crippen LogP contribution in [0.1, 0.15) is 0 Å². The Morgan fingerprint density at radius 2 is 1.22 bits per heavy atom. The fourth-order valence-corrected chi connectivity index (χ4v) is 0. The van der Waals surface area contributed by atoms with Crippen molar-refractivity contribution in [2.24, 2.45) is 0 Å². The molecular weight excluding hydrogens is 180 g/mol. The van der Waals surface area contributed by atoms with Gasteiger partial charge in [-0.05, 0) is 0 Å². The molecule has 0 rings (SSSR count). The van der Waals surface area contributed by atoms with Crippen molar-refractivity contribution < 1.29 is 27.8 Å². The molecule has 0 fully saturated rings. The van der Waals surface area contributed by atoms with Crippen LogP contribution >= 0.6 is 0 Å². The van der Waals surface area contributed by atoms with Gasteiger partial charge in [0.15, 0.2) is 0 Å². The monoisotopic (exact) mass is 191 g/mol. The SMILES string of the molecule is C[Si](C)(C)[Cr](=[O])(=[O])([OH])[OH]. The molecule has 2 N–H and O–H groups in total. The zero-order valence-corrected chi connectivity index (χ0v) is 7.89. The minimum absolute atomic E-state index is 1.37. The van der Waals surface area contributed by atoms with Gasteiger partial charge in [0.05, 0.1) is 0 Å². The van der Waals surface area contributed by atoms with Crippen LogP contribution in [0.4, 0.5) is 0 Å². The van der Waals surface area contributed by atoms with E-state index in [-0.39, 0.29) is 0 Å². The Morgan fingerprint density at radius 1 is 1.11 bits per heavy atom. The summed E-state index contributed by atoms with van der Waals surface area (Å²) in [7, 11) is 0. The molecule has 0 aromatic heterocycles. The molecule has 4 nitrogen and oxygen atoms in total. The summed E-state index contributed by atoms with van der Waals surface area (Å²) in [6.07, 6.45) is 0. The van der Waals surface area contributed by atoms with Crippen molar-refractivity contribution in [1.29, 1.82) is 0 Å². The van der Waals surface area contributed by atoms with Gasteiger partial charge in [0.25, 0.3) is 0 Å². The molecule has 0 aromatic rings. The van der Waals surface area contributed by atoms with Crippen LogP contribution in [0.3, 0.4) is 0 Å². The Morgan fingerprint density at radius 3 is 1.22 bits per heavy atom. The van der Waals surface area contributed by atoms with Crippen molar-refractivity contribution >= 4 is 6.63 Å². The second kappa shape index (κ2) is 1.65. The molecule has 0 radical (unpaired) electrons. The van der Waals surface area contributed by atoms with Crippen LogP contribution in [0.25, 0.3) is 0 Å². The summed E-state index contributed by atoms with van der Waals surface area (Å²) in [6.45, 7) is 1.29. The normalized spacial score (nSPS) is 18.6. The van der Waals surface area contributed by atoms with Crippen LogP contribution in [0.2, 0.25) is 19.6 Å². The van der Waals surface area contributed by atoms with Crippen LogP contribution in [0.5, 0.6) is 0 Å². The summed E-state index contributed by atoms with van der Waals surface area (Å²) >= 11 is -6.05. The van der Waals surface area contributed by atoms with E-state index in [0.717, 1.165) is 0 Å². The van der Waals surface area contributed by atoms with E-state index in [1.165, 1.54) is 19.6 Å². The average molecular weight is 191 g/mol. The summed E-state index contributed by atoms with van der Waals surface area (Å²) in [5, 5.41) is 0. The zero-order valence-electron chi connectivity index (χ0n) is 5.62. The van der Waals surface area contributed by atoms with Crippen molar-refractivity contribution in [3.05, 3.63) is 0 Å². The third kappa shape index (κ3) is 2.16. The molecule has 0 aliphatic rings. The molecule has 0 aliphatic carbocycles. The van der Waals surface area contributed by atoms with Gasteiger partial charge < -0.3 is 0 Å². The number of rotatable bonds is 1. The Bertz CT molecular complexity index is 219. The molecule has 0 heterocycles. The van der Waals surface area contributed by atoms with Crippen molar-refractivity contribution in [2.45, 2.75) is 19.6 Å². The van der Waals surface area contributed by atoms with E-state index in [4.69, 9.17) is 8.32 Å². The Balaban J connectivity index is 5.07. The standard InChI is InChI=1S/C3H9Si.Cr.2H2O.2O/c1-4(2)3;;;;;/h1-3H3;;2*1H2;;/q;+2;;;;/p-2. The third-order valence-electron chi connectivity index (χ3n) is 1.05. The Kier molecular flexibility index (Phi) is 1.70. The van der Waals surface area contributed by atoms with Gasteiger partial charge in [-0.15, -0.1) is 0 Å². The quantitative estimate of drug-likeness (QED) is 0.573. The molecule has 0 bridgehead atoms. The van der Waals surface area contributed by atoms with Gasteiger partial charge in [-0.3, -0.25) is 0 Å². The summed E-state index contributed by atoms with van der Waals surface area (Å²) in [6, 6.07) is 0. The molecule has 9 heavy (non-hydrogen) atoms. The predicted octanol–water partition coefficient (Wildman–Crippen LogP) is 0.0165. The van der Waals surface area contributed by atoms with Gasteiger partial charge in [0.2, 0.25) is 0 Å². The maximum absolute atomic E-state index is 10.5. The fraction of sp³-hybridized carbons (Fsp3) is 1.00. The first-order chi connectivity index (χ1) is 3.51. The second-order valence-electron chi connectivity index (χ2n) is 2.91. The van der Waals surface area contributed by atoms with E-state index in [0.29, 0.717) is 0 Å². The van der Waals surface area contributed by atoms with Crippen LogP contribution < -0.4 is 0 Å². The molecule has 6 heteroatoms. The van der Waals surface area contributed by atoms with Gasteiger partial charge >= 0.3 is 54.1 Å². The Labute approximate surface area is 54.6 Å². The minimum atomic E-state index is -6.05. The first-order valence-corrected chi connectivity index (χ1v) is 9.90. The maximum atomic E-state index is 10.5. The van der Waals surface area contributed by atoms with Gasteiger partial charge in [-0.1, -0.05) is 0 Å². The van der Waals surface area contributed by atoms with Crippen LogP contribution in [-0.2, 0) is 19.5 Å². The number of hydrogen-bond donors (Lipinski definition) is 2. The third-order valence-corrected chi connectivity index (χ3v) is 13.0. The van der Waals surface area contributed by atoms with E-state index in [2.05, 4.69) is 0 Å². The van der Waals surface area contributed by atoms with Gasteiger partial charge in [-0.2, -0.15) is 0 Å². The first kappa shape index (κ1) is 9.27. The van der Waals surface area contributed by atoms with Crippen molar-refractivity contribution in [3.8, 4) is 0 Å². The van der Waals surface area contributed by atoms with E-state index in [9.17, 15) is 7.61 Å². The predicted molar refractivity (Wildman–Crippen MR) is 29.2 cm³/mol. The van der Waals surface area contributed by atoms with Crippen molar-refractivity contribution in [3.63, 3.8) is 0 Å². The van der Waals surface area contributed by atoms with Crippen LogP contribution in [0.15, 0.2) is 0 Å². The number of hydrogen-bond acceptors (Lipinski definition) is 2. The van der Waals surface area contributed by atoms with Crippen LogP contribution in [-0.4, -0.2) is 15.0 Å². The molecule has 0 amide bonds. The van der Waals surface area contributed by atoms with Crippen molar-refractivity contribution in [2.75, 3.05) is 0 Å². The molecule has 0 saturated heterocycles. The van der Waals surface area contributed by atoms with Gasteiger partial charge in [-0.25, -0.2) is 0 Å².